The summed E-state index contributed by atoms with van der Waals surface area (Å²) in [4.78, 5) is 62.4. The largest absolute Gasteiger partial charge is 0.508 e. The van der Waals surface area contributed by atoms with Crippen LogP contribution in [0.1, 0.15) is 59.5 Å². The molecule has 0 atom stereocenters. The first-order valence-electron chi connectivity index (χ1n) is 13.0. The number of hydrogen-bond acceptors (Lipinski definition) is 9. The summed E-state index contributed by atoms with van der Waals surface area (Å²) in [5.41, 5.74) is 2.27. The van der Waals surface area contributed by atoms with Crippen molar-refractivity contribution in [2.24, 2.45) is 0 Å². The van der Waals surface area contributed by atoms with Crippen molar-refractivity contribution in [1.82, 2.24) is 9.80 Å². The molecular formula is C29H36N2O9. The van der Waals surface area contributed by atoms with Gasteiger partial charge in [-0.1, -0.05) is 24.3 Å². The molecule has 0 heterocycles. The maximum atomic E-state index is 12.7. The number of carbonyl (C=O) groups is 5. The first kappa shape index (κ1) is 31.8. The second kappa shape index (κ2) is 16.5. The number of hydrogen-bond donors (Lipinski definition) is 0. The number of likely N-dealkylation sites (N-methyl/N-ethyl adjacent to an activating group) is 2. The zero-order chi connectivity index (χ0) is 29.5. The zero-order valence-electron chi connectivity index (χ0n) is 23.3. The van der Waals surface area contributed by atoms with Crippen LogP contribution < -0.4 is 0 Å². The van der Waals surface area contributed by atoms with Crippen molar-refractivity contribution in [3.05, 3.63) is 70.8 Å². The van der Waals surface area contributed by atoms with Gasteiger partial charge in [-0.25, -0.2) is 4.79 Å². The van der Waals surface area contributed by atoms with E-state index in [1.807, 2.05) is 13.8 Å². The number of ether oxygens (including phenoxy) is 4. The van der Waals surface area contributed by atoms with Crippen LogP contribution >= 0.6 is 0 Å². The van der Waals surface area contributed by atoms with Crippen molar-refractivity contribution >= 4 is 29.9 Å². The van der Waals surface area contributed by atoms with E-state index >= 15 is 0 Å². The van der Waals surface area contributed by atoms with Crippen LogP contribution in [0.4, 0.5) is 4.79 Å². The van der Waals surface area contributed by atoms with Crippen molar-refractivity contribution in [2.75, 3.05) is 39.4 Å². The number of rotatable bonds is 14. The van der Waals surface area contributed by atoms with Crippen LogP contribution in [0.25, 0.3) is 0 Å². The van der Waals surface area contributed by atoms with Gasteiger partial charge in [-0.15, -0.1) is 0 Å². The Labute approximate surface area is 233 Å². The predicted molar refractivity (Wildman–Crippen MR) is 144 cm³/mol. The predicted octanol–water partition coefficient (Wildman–Crippen LogP) is 3.59. The molecular weight excluding hydrogens is 520 g/mol. The van der Waals surface area contributed by atoms with E-state index in [-0.39, 0.29) is 38.2 Å². The molecule has 0 fully saturated rings. The Bertz CT molecular complexity index is 1060. The van der Waals surface area contributed by atoms with Gasteiger partial charge in [0.25, 0.3) is 11.8 Å². The fourth-order valence-electron chi connectivity index (χ4n) is 3.58. The molecule has 0 bridgehead atoms. The average molecular weight is 557 g/mol. The fraction of sp³-hybridized carbons (Fsp3) is 0.414. The topological polar surface area (TPSA) is 129 Å². The van der Waals surface area contributed by atoms with Crippen molar-refractivity contribution < 1.29 is 42.9 Å². The molecule has 0 N–H and O–H groups in total. The van der Waals surface area contributed by atoms with Crippen molar-refractivity contribution in [3.8, 4) is 0 Å². The van der Waals surface area contributed by atoms with Crippen LogP contribution in [0.5, 0.6) is 0 Å². The molecule has 2 aromatic rings. The molecule has 0 aliphatic carbocycles. The highest BCUT2D eigenvalue weighted by molar-refractivity contribution is 5.94. The van der Waals surface area contributed by atoms with Gasteiger partial charge in [-0.2, -0.15) is 0 Å². The molecule has 2 amide bonds. The molecule has 0 saturated carbocycles. The summed E-state index contributed by atoms with van der Waals surface area (Å²) >= 11 is 0. The molecule has 2 aromatic carbocycles. The summed E-state index contributed by atoms with van der Waals surface area (Å²) in [6.45, 7) is 7.99. The van der Waals surface area contributed by atoms with Crippen LogP contribution in [-0.4, -0.2) is 79.1 Å². The maximum absolute atomic E-state index is 12.7. The molecule has 0 saturated heterocycles. The molecule has 0 spiro atoms. The SMILES string of the molecule is CCN(CCOC(C)=O)C(=O)c1ccc(COC(=O)OCc2ccc(C(=O)N(CC)CCOC(C)=O)cc2)cc1. The molecule has 0 unspecified atom stereocenters. The van der Waals surface area contributed by atoms with Gasteiger partial charge < -0.3 is 28.7 Å². The Morgan fingerprint density at radius 3 is 1.23 bits per heavy atom. The van der Waals surface area contributed by atoms with E-state index in [0.717, 1.165) is 0 Å². The number of benzene rings is 2. The Morgan fingerprint density at radius 2 is 0.925 bits per heavy atom. The number of carbonyl (C=O) groups excluding carboxylic acids is 5. The highest BCUT2D eigenvalue weighted by atomic mass is 16.7. The quantitative estimate of drug-likeness (QED) is 0.253. The van der Waals surface area contributed by atoms with Gasteiger partial charge in [0.1, 0.15) is 26.4 Å². The van der Waals surface area contributed by atoms with Crippen LogP contribution in [0.2, 0.25) is 0 Å². The Hall–Kier alpha value is -4.41. The van der Waals surface area contributed by atoms with Gasteiger partial charge in [0, 0.05) is 38.1 Å². The van der Waals surface area contributed by atoms with Gasteiger partial charge in [-0.3, -0.25) is 19.2 Å². The standard InChI is InChI=1S/C29H36N2O9/c1-5-30(15-17-37-21(3)32)27(34)25-11-7-23(8-12-25)19-39-29(36)40-20-24-9-13-26(14-10-24)28(35)31(6-2)16-18-38-22(4)33/h7-14H,5-6,15-20H2,1-4H3. The third kappa shape index (κ3) is 10.8. The molecule has 0 aliphatic heterocycles. The molecule has 0 radical (unpaired) electrons. The van der Waals surface area contributed by atoms with Crippen molar-refractivity contribution in [1.29, 1.82) is 0 Å². The van der Waals surface area contributed by atoms with E-state index in [2.05, 4.69) is 0 Å². The van der Waals surface area contributed by atoms with Crippen molar-refractivity contribution in [2.45, 2.75) is 40.9 Å². The second-order valence-electron chi connectivity index (χ2n) is 8.67. The Kier molecular flexibility index (Phi) is 13.1. The fourth-order valence-corrected chi connectivity index (χ4v) is 3.58. The van der Waals surface area contributed by atoms with E-state index in [9.17, 15) is 24.0 Å². The van der Waals surface area contributed by atoms with E-state index < -0.39 is 18.1 Å². The van der Waals surface area contributed by atoms with E-state index in [0.29, 0.717) is 48.4 Å². The lowest BCUT2D eigenvalue weighted by Crippen LogP contribution is -2.34. The third-order valence-electron chi connectivity index (χ3n) is 5.79. The van der Waals surface area contributed by atoms with E-state index in [1.165, 1.54) is 13.8 Å². The van der Waals surface area contributed by atoms with Gasteiger partial charge in [-0.05, 0) is 49.2 Å². The summed E-state index contributed by atoms with van der Waals surface area (Å²) in [5.74, 6) is -1.19. The van der Waals surface area contributed by atoms with Crippen LogP contribution in [-0.2, 0) is 41.8 Å². The summed E-state index contributed by atoms with van der Waals surface area (Å²) < 4.78 is 20.1. The normalized spacial score (nSPS) is 10.3. The van der Waals surface area contributed by atoms with Gasteiger partial charge in [0.05, 0.1) is 13.1 Å². The summed E-state index contributed by atoms with van der Waals surface area (Å²) in [7, 11) is 0. The zero-order valence-corrected chi connectivity index (χ0v) is 23.3. The third-order valence-corrected chi connectivity index (χ3v) is 5.79. The average Bonchev–Trinajstić information content (AvgIpc) is 2.95. The van der Waals surface area contributed by atoms with Gasteiger partial charge in [0.15, 0.2) is 0 Å². The van der Waals surface area contributed by atoms with Gasteiger partial charge in [0.2, 0.25) is 0 Å². The van der Waals surface area contributed by atoms with E-state index in [4.69, 9.17) is 18.9 Å². The van der Waals surface area contributed by atoms with Gasteiger partial charge >= 0.3 is 18.1 Å². The van der Waals surface area contributed by atoms with Crippen LogP contribution in [0, 0.1) is 0 Å². The molecule has 11 nitrogen and oxygen atoms in total. The van der Waals surface area contributed by atoms with Crippen LogP contribution in [0.3, 0.4) is 0 Å². The second-order valence-corrected chi connectivity index (χ2v) is 8.67. The highest BCUT2D eigenvalue weighted by Crippen LogP contribution is 2.12. The maximum Gasteiger partial charge on any atom is 0.508 e. The summed E-state index contributed by atoms with van der Waals surface area (Å²) in [6, 6.07) is 13.3. The van der Waals surface area contributed by atoms with Crippen molar-refractivity contribution in [3.63, 3.8) is 0 Å². The van der Waals surface area contributed by atoms with E-state index in [1.54, 1.807) is 58.3 Å². The molecule has 0 aliphatic rings. The number of nitrogens with zero attached hydrogens (tertiary/aromatic N) is 2. The highest BCUT2D eigenvalue weighted by Gasteiger charge is 2.16. The summed E-state index contributed by atoms with van der Waals surface area (Å²) in [5, 5.41) is 0. The monoisotopic (exact) mass is 556 g/mol. The lowest BCUT2D eigenvalue weighted by atomic mass is 10.1. The molecule has 2 rings (SSSR count). The lowest BCUT2D eigenvalue weighted by molar-refractivity contribution is -0.142. The number of esters is 2. The van der Waals surface area contributed by atoms with Crippen LogP contribution in [0.15, 0.2) is 48.5 Å². The minimum Gasteiger partial charge on any atom is -0.464 e. The molecule has 216 valence electrons. The molecule has 40 heavy (non-hydrogen) atoms. The first-order chi connectivity index (χ1) is 19.1. The first-order valence-corrected chi connectivity index (χ1v) is 13.0. The smallest absolute Gasteiger partial charge is 0.464 e. The Balaban J connectivity index is 1.79. The Morgan fingerprint density at radius 1 is 0.575 bits per heavy atom. The summed E-state index contributed by atoms with van der Waals surface area (Å²) in [6.07, 6.45) is -0.856. The molecule has 11 heteroatoms. The lowest BCUT2D eigenvalue weighted by Gasteiger charge is -2.20. The minimum absolute atomic E-state index is 0.0368. The molecule has 0 aromatic heterocycles. The minimum atomic E-state index is -0.856. The number of amides is 2.